The Morgan fingerprint density at radius 2 is 1.75 bits per heavy atom. The van der Waals surface area contributed by atoms with Gasteiger partial charge >= 0.3 is 5.97 Å². The van der Waals surface area contributed by atoms with Gasteiger partial charge in [0, 0.05) is 0 Å². The number of aliphatic hydroxyl groups is 1. The number of carbonyl (C=O) groups is 1. The van der Waals surface area contributed by atoms with Crippen LogP contribution in [0, 0.1) is 41.4 Å². The van der Waals surface area contributed by atoms with Crippen molar-refractivity contribution in [2.24, 2.45) is 5.92 Å². The molecule has 0 heterocycles. The summed E-state index contributed by atoms with van der Waals surface area (Å²) in [6, 6.07) is 0. The molecule has 104 valence electrons. The Bertz CT molecular complexity index is 534. The molecule has 0 fully saturated rings. The van der Waals surface area contributed by atoms with Crippen LogP contribution in [0.15, 0.2) is 24.3 Å². The highest BCUT2D eigenvalue weighted by Crippen LogP contribution is 2.01. The van der Waals surface area contributed by atoms with Gasteiger partial charge < -0.3 is 9.84 Å². The molecule has 20 heavy (non-hydrogen) atoms. The molecule has 0 aliphatic rings. The molecule has 0 aliphatic carbocycles. The van der Waals surface area contributed by atoms with E-state index in [1.165, 1.54) is 12.2 Å². The van der Waals surface area contributed by atoms with Gasteiger partial charge in [0.1, 0.15) is 6.10 Å². The van der Waals surface area contributed by atoms with E-state index in [1.807, 2.05) is 13.0 Å². The molecule has 1 N–H and O–H groups in total. The number of esters is 1. The van der Waals surface area contributed by atoms with Crippen LogP contribution in [0.4, 0.5) is 0 Å². The summed E-state index contributed by atoms with van der Waals surface area (Å²) in [4.78, 5) is 11.3. The van der Waals surface area contributed by atoms with Gasteiger partial charge in [-0.3, -0.25) is 4.79 Å². The fraction of sp³-hybridized carbons (Fsp3) is 0.353. The molecule has 0 saturated carbocycles. The minimum Gasteiger partial charge on any atom is -0.455 e. The van der Waals surface area contributed by atoms with Gasteiger partial charge in [-0.05, 0) is 48.8 Å². The van der Waals surface area contributed by atoms with Crippen molar-refractivity contribution in [2.45, 2.75) is 26.9 Å². The topological polar surface area (TPSA) is 46.5 Å². The van der Waals surface area contributed by atoms with E-state index in [2.05, 4.69) is 35.5 Å². The van der Waals surface area contributed by atoms with Gasteiger partial charge in [-0.2, -0.15) is 0 Å². The minimum atomic E-state index is -0.679. The minimum absolute atomic E-state index is 0.231. The summed E-state index contributed by atoms with van der Waals surface area (Å²) in [7, 11) is 0. The molecule has 0 spiro atoms. The Morgan fingerprint density at radius 3 is 2.25 bits per heavy atom. The summed E-state index contributed by atoms with van der Waals surface area (Å²) in [5.41, 5.74) is 0. The molecule has 0 rings (SSSR count). The monoisotopic (exact) mass is 270 g/mol. The molecule has 0 aromatic heterocycles. The van der Waals surface area contributed by atoms with Gasteiger partial charge in [0.15, 0.2) is 0 Å². The second-order valence-corrected chi connectivity index (χ2v) is 3.96. The Hall–Kier alpha value is -2.41. The van der Waals surface area contributed by atoms with Crippen LogP contribution < -0.4 is 0 Å². The molecule has 0 aromatic rings. The van der Waals surface area contributed by atoms with Crippen LogP contribution in [0.5, 0.6) is 0 Å². The summed E-state index contributed by atoms with van der Waals surface area (Å²) in [6.07, 6.45) is 5.83. The van der Waals surface area contributed by atoms with Crippen LogP contribution >= 0.6 is 0 Å². The number of allylic oxidation sites excluding steroid dienone is 3. The predicted molar refractivity (Wildman–Crippen MR) is 79.1 cm³/mol. The van der Waals surface area contributed by atoms with E-state index in [9.17, 15) is 4.79 Å². The molecule has 0 bridgehead atoms. The highest BCUT2D eigenvalue weighted by Gasteiger charge is 2.13. The van der Waals surface area contributed by atoms with Crippen molar-refractivity contribution in [1.29, 1.82) is 0 Å². The summed E-state index contributed by atoms with van der Waals surface area (Å²) in [6.45, 7) is 5.04. The molecule has 3 heteroatoms. The molecule has 0 radical (unpaired) electrons. The van der Waals surface area contributed by atoms with Crippen LogP contribution in [0.3, 0.4) is 0 Å². The number of carbonyl (C=O) groups excluding carboxylic acids is 1. The zero-order valence-electron chi connectivity index (χ0n) is 11.9. The standard InChI is InChI=1S/C17H18O3/c1-4-5-6-7-8-9-10-11-12-13-16(14-18)20-17(19)15(2)3/h4-5,12-13,15-16,18H,14H2,1-3H3. The van der Waals surface area contributed by atoms with E-state index >= 15 is 0 Å². The first-order valence-corrected chi connectivity index (χ1v) is 6.22. The first kappa shape index (κ1) is 17.6. The largest absolute Gasteiger partial charge is 0.455 e. The average Bonchev–Trinajstić information content (AvgIpc) is 2.43. The van der Waals surface area contributed by atoms with Crippen LogP contribution in [-0.4, -0.2) is 23.8 Å². The van der Waals surface area contributed by atoms with Crippen LogP contribution in [0.1, 0.15) is 20.8 Å². The van der Waals surface area contributed by atoms with Crippen LogP contribution in [0.25, 0.3) is 0 Å². The highest BCUT2D eigenvalue weighted by molar-refractivity contribution is 5.71. The lowest BCUT2D eigenvalue weighted by atomic mass is 10.2. The third-order valence-corrected chi connectivity index (χ3v) is 1.89. The first-order chi connectivity index (χ1) is 9.61. The van der Waals surface area contributed by atoms with E-state index < -0.39 is 6.10 Å². The first-order valence-electron chi connectivity index (χ1n) is 6.22. The highest BCUT2D eigenvalue weighted by atomic mass is 16.6. The van der Waals surface area contributed by atoms with E-state index in [4.69, 9.17) is 9.84 Å². The normalized spacial score (nSPS) is 11.1. The number of hydrogen-bond donors (Lipinski definition) is 1. The average molecular weight is 270 g/mol. The van der Waals surface area contributed by atoms with Crippen molar-refractivity contribution in [3.8, 4) is 35.5 Å². The van der Waals surface area contributed by atoms with Crippen molar-refractivity contribution in [2.75, 3.05) is 6.61 Å². The molecule has 0 amide bonds. The zero-order chi connectivity index (χ0) is 15.2. The molecule has 1 atom stereocenters. The van der Waals surface area contributed by atoms with Gasteiger partial charge in [-0.25, -0.2) is 0 Å². The van der Waals surface area contributed by atoms with E-state index in [0.29, 0.717) is 0 Å². The predicted octanol–water partition coefficient (Wildman–Crippen LogP) is 1.69. The van der Waals surface area contributed by atoms with Gasteiger partial charge in [0.2, 0.25) is 0 Å². The molecular weight excluding hydrogens is 252 g/mol. The molecule has 0 saturated heterocycles. The number of rotatable bonds is 4. The second-order valence-electron chi connectivity index (χ2n) is 3.96. The van der Waals surface area contributed by atoms with Crippen molar-refractivity contribution in [3.05, 3.63) is 24.3 Å². The van der Waals surface area contributed by atoms with Gasteiger partial charge in [-0.15, -0.1) is 0 Å². The summed E-state index contributed by atoms with van der Waals surface area (Å²) in [5.74, 6) is 15.1. The van der Waals surface area contributed by atoms with Gasteiger partial charge in [0.25, 0.3) is 0 Å². The number of hydrogen-bond acceptors (Lipinski definition) is 3. The SMILES string of the molecule is CC=CC#CC#CC#CC=CC(CO)OC(=O)C(C)C. The lowest BCUT2D eigenvalue weighted by Crippen LogP contribution is -2.22. The van der Waals surface area contributed by atoms with Gasteiger partial charge in [-0.1, -0.05) is 31.8 Å². The van der Waals surface area contributed by atoms with E-state index in [1.54, 1.807) is 19.9 Å². The smallest absolute Gasteiger partial charge is 0.309 e. The fourth-order valence-electron chi connectivity index (χ4n) is 0.879. The zero-order valence-corrected chi connectivity index (χ0v) is 11.9. The lowest BCUT2D eigenvalue weighted by Gasteiger charge is -2.12. The molecule has 0 aliphatic heterocycles. The lowest BCUT2D eigenvalue weighted by molar-refractivity contribution is -0.152. The fourth-order valence-corrected chi connectivity index (χ4v) is 0.879. The van der Waals surface area contributed by atoms with Crippen LogP contribution in [-0.2, 0) is 9.53 Å². The quantitative estimate of drug-likeness (QED) is 0.624. The maximum Gasteiger partial charge on any atom is 0.309 e. The van der Waals surface area contributed by atoms with Crippen LogP contribution in [0.2, 0.25) is 0 Å². The maximum atomic E-state index is 11.3. The Balaban J connectivity index is 4.35. The number of aliphatic hydroxyl groups excluding tert-OH is 1. The van der Waals surface area contributed by atoms with Crippen molar-refractivity contribution in [3.63, 3.8) is 0 Å². The third-order valence-electron chi connectivity index (χ3n) is 1.89. The van der Waals surface area contributed by atoms with Crippen molar-refractivity contribution in [1.82, 2.24) is 0 Å². The van der Waals surface area contributed by atoms with Crippen molar-refractivity contribution >= 4 is 5.97 Å². The molecule has 0 aromatic carbocycles. The molecule has 1 unspecified atom stereocenters. The van der Waals surface area contributed by atoms with E-state index in [-0.39, 0.29) is 18.5 Å². The summed E-state index contributed by atoms with van der Waals surface area (Å²) in [5, 5.41) is 9.05. The number of ether oxygens (including phenoxy) is 1. The van der Waals surface area contributed by atoms with Gasteiger partial charge in [0.05, 0.1) is 12.5 Å². The summed E-state index contributed by atoms with van der Waals surface area (Å²) >= 11 is 0. The maximum absolute atomic E-state index is 11.3. The van der Waals surface area contributed by atoms with E-state index in [0.717, 1.165) is 0 Å². The molecule has 3 nitrogen and oxygen atoms in total. The Kier molecular flexibility index (Phi) is 10.3. The Labute approximate surface area is 120 Å². The third kappa shape index (κ3) is 9.60. The second kappa shape index (κ2) is 11.7. The Morgan fingerprint density at radius 1 is 1.15 bits per heavy atom. The molecular formula is C17H18O3. The van der Waals surface area contributed by atoms with Crippen molar-refractivity contribution < 1.29 is 14.6 Å². The summed E-state index contributed by atoms with van der Waals surface area (Å²) < 4.78 is 5.02.